The Morgan fingerprint density at radius 2 is 1.78 bits per heavy atom. The fourth-order valence-electron chi connectivity index (χ4n) is 4.67. The topological polar surface area (TPSA) is 55.8 Å². The Bertz CT molecular complexity index is 879. The number of carbonyl (C=O) groups excluding carboxylic acids is 1. The molecule has 0 bridgehead atoms. The molecule has 1 heterocycles. The van der Waals surface area contributed by atoms with E-state index < -0.39 is 6.10 Å². The van der Waals surface area contributed by atoms with Crippen molar-refractivity contribution in [2.45, 2.75) is 71.7 Å². The average Bonchev–Trinajstić information content (AvgIpc) is 2.80. The van der Waals surface area contributed by atoms with Crippen LogP contribution in [0, 0.1) is 6.92 Å². The first-order valence-electron chi connectivity index (χ1n) is 12.0. The molecular weight excluding hydrogens is 398 g/mol. The number of hydrogen-bond acceptors (Lipinski definition) is 4. The highest BCUT2D eigenvalue weighted by atomic mass is 16.3. The van der Waals surface area contributed by atoms with E-state index in [1.807, 2.05) is 62.4 Å². The smallest absolute Gasteiger partial charge is 0.258 e. The quantitative estimate of drug-likeness (QED) is 0.604. The molecule has 2 aromatic carbocycles. The van der Waals surface area contributed by atoms with Crippen molar-refractivity contribution in [1.29, 1.82) is 0 Å². The number of hydrogen-bond donors (Lipinski definition) is 2. The van der Waals surface area contributed by atoms with E-state index in [-0.39, 0.29) is 24.0 Å². The zero-order chi connectivity index (χ0) is 23.3. The van der Waals surface area contributed by atoms with Crippen LogP contribution in [0.15, 0.2) is 48.5 Å². The normalized spacial score (nSPS) is 21.5. The molecule has 0 radical (unpaired) electrons. The van der Waals surface area contributed by atoms with E-state index in [2.05, 4.69) is 31.0 Å². The molecule has 0 fully saturated rings. The van der Waals surface area contributed by atoms with E-state index in [9.17, 15) is 9.90 Å². The highest BCUT2D eigenvalue weighted by Gasteiger charge is 2.40. The molecular formula is C27H39N3O2. The third-order valence-electron chi connectivity index (χ3n) is 6.76. The molecule has 2 aromatic rings. The van der Waals surface area contributed by atoms with Crippen molar-refractivity contribution in [3.8, 4) is 0 Å². The minimum Gasteiger partial charge on any atom is -0.389 e. The second-order valence-electron chi connectivity index (χ2n) is 9.05. The fraction of sp³-hybridized carbons (Fsp3) is 0.519. The fourth-order valence-corrected chi connectivity index (χ4v) is 4.67. The SMILES string of the molecule is CCN(CC)CCCC(C)N[C@H]1c2ccccc2N(C(=O)c2ccc(C)cc2)[C@@H](C)[C@H]1O. The molecule has 1 unspecified atom stereocenters. The summed E-state index contributed by atoms with van der Waals surface area (Å²) in [5, 5.41) is 14.9. The number of aryl methyl sites for hydroxylation is 1. The average molecular weight is 438 g/mol. The maximum atomic E-state index is 13.4. The number of anilines is 1. The van der Waals surface area contributed by atoms with Gasteiger partial charge in [0.15, 0.2) is 0 Å². The van der Waals surface area contributed by atoms with Crippen molar-refractivity contribution in [3.05, 3.63) is 65.2 Å². The van der Waals surface area contributed by atoms with E-state index in [0.717, 1.165) is 49.3 Å². The Kier molecular flexibility index (Phi) is 8.46. The van der Waals surface area contributed by atoms with Gasteiger partial charge in [0.25, 0.3) is 5.91 Å². The summed E-state index contributed by atoms with van der Waals surface area (Å²) in [7, 11) is 0. The predicted octanol–water partition coefficient (Wildman–Crippen LogP) is 4.55. The molecule has 0 saturated heterocycles. The van der Waals surface area contributed by atoms with Gasteiger partial charge >= 0.3 is 0 Å². The van der Waals surface area contributed by atoms with Gasteiger partial charge in [0.2, 0.25) is 0 Å². The van der Waals surface area contributed by atoms with E-state index in [0.29, 0.717) is 5.56 Å². The molecule has 0 aromatic heterocycles. The number of nitrogens with zero attached hydrogens (tertiary/aromatic N) is 2. The first-order chi connectivity index (χ1) is 15.4. The lowest BCUT2D eigenvalue weighted by molar-refractivity contribution is 0.0764. The van der Waals surface area contributed by atoms with Crippen molar-refractivity contribution in [1.82, 2.24) is 10.2 Å². The predicted molar refractivity (Wildman–Crippen MR) is 132 cm³/mol. The summed E-state index contributed by atoms with van der Waals surface area (Å²) in [6.45, 7) is 13.8. The van der Waals surface area contributed by atoms with Gasteiger partial charge in [0.1, 0.15) is 0 Å². The zero-order valence-electron chi connectivity index (χ0n) is 20.2. The number of para-hydroxylation sites is 1. The van der Waals surface area contributed by atoms with Crippen LogP contribution in [-0.2, 0) is 0 Å². The largest absolute Gasteiger partial charge is 0.389 e. The van der Waals surface area contributed by atoms with E-state index in [4.69, 9.17) is 0 Å². The van der Waals surface area contributed by atoms with E-state index in [1.165, 1.54) is 0 Å². The van der Waals surface area contributed by atoms with E-state index in [1.54, 1.807) is 4.90 Å². The first kappa shape index (κ1) is 24.4. The summed E-state index contributed by atoms with van der Waals surface area (Å²) >= 11 is 0. The van der Waals surface area contributed by atoms with Gasteiger partial charge in [-0.25, -0.2) is 0 Å². The molecule has 5 heteroatoms. The summed E-state index contributed by atoms with van der Waals surface area (Å²) in [6, 6.07) is 15.3. The molecule has 4 atom stereocenters. The lowest BCUT2D eigenvalue weighted by Crippen LogP contribution is -2.55. The standard InChI is InChI=1S/C27H39N3O2/c1-6-29(7-2)18-10-11-20(4)28-25-23-12-8-9-13-24(23)30(21(5)26(25)31)27(32)22-16-14-19(3)15-17-22/h8-9,12-17,20-21,25-26,28,31H,6-7,10-11,18H2,1-5H3/t20?,21-,25-,26+/m0/s1. The maximum Gasteiger partial charge on any atom is 0.258 e. The summed E-state index contributed by atoms with van der Waals surface area (Å²) in [6.07, 6.45) is 1.47. The van der Waals surface area contributed by atoms with Gasteiger partial charge in [-0.05, 0) is 77.0 Å². The number of aliphatic hydroxyl groups is 1. The minimum atomic E-state index is -0.690. The van der Waals surface area contributed by atoms with Gasteiger partial charge in [-0.1, -0.05) is 49.7 Å². The van der Waals surface area contributed by atoms with Crippen LogP contribution in [-0.4, -0.2) is 53.7 Å². The van der Waals surface area contributed by atoms with Gasteiger partial charge in [0.05, 0.1) is 18.2 Å². The molecule has 32 heavy (non-hydrogen) atoms. The van der Waals surface area contributed by atoms with Crippen molar-refractivity contribution < 1.29 is 9.90 Å². The Hall–Kier alpha value is -2.21. The van der Waals surface area contributed by atoms with Crippen molar-refractivity contribution >= 4 is 11.6 Å². The molecule has 0 spiro atoms. The van der Waals surface area contributed by atoms with Crippen LogP contribution in [0.3, 0.4) is 0 Å². The molecule has 1 amide bonds. The number of amides is 1. The molecule has 5 nitrogen and oxygen atoms in total. The van der Waals surface area contributed by atoms with Crippen molar-refractivity contribution in [3.63, 3.8) is 0 Å². The minimum absolute atomic E-state index is 0.0743. The third kappa shape index (κ3) is 5.40. The lowest BCUT2D eigenvalue weighted by Gasteiger charge is -2.44. The lowest BCUT2D eigenvalue weighted by atomic mass is 9.87. The Labute approximate surface area is 193 Å². The molecule has 2 N–H and O–H groups in total. The number of carbonyl (C=O) groups is 1. The van der Waals surface area contributed by atoms with Crippen LogP contribution in [0.1, 0.15) is 68.1 Å². The summed E-state index contributed by atoms with van der Waals surface area (Å²) < 4.78 is 0. The Morgan fingerprint density at radius 1 is 1.12 bits per heavy atom. The number of nitrogens with one attached hydrogen (secondary N) is 1. The molecule has 174 valence electrons. The summed E-state index contributed by atoms with van der Waals surface area (Å²) in [5.41, 5.74) is 3.62. The molecule has 0 saturated carbocycles. The molecule has 0 aliphatic carbocycles. The van der Waals surface area contributed by atoms with Gasteiger partial charge in [0, 0.05) is 17.3 Å². The third-order valence-corrected chi connectivity index (χ3v) is 6.76. The first-order valence-corrected chi connectivity index (χ1v) is 12.0. The van der Waals surface area contributed by atoms with Crippen molar-refractivity contribution in [2.75, 3.05) is 24.5 Å². The molecule has 3 rings (SSSR count). The second kappa shape index (κ2) is 11.1. The number of aliphatic hydroxyl groups excluding tert-OH is 1. The van der Waals surface area contributed by atoms with E-state index >= 15 is 0 Å². The van der Waals surface area contributed by atoms with Crippen LogP contribution in [0.25, 0.3) is 0 Å². The van der Waals surface area contributed by atoms with Crippen LogP contribution in [0.5, 0.6) is 0 Å². The Morgan fingerprint density at radius 3 is 2.44 bits per heavy atom. The van der Waals surface area contributed by atoms with Gasteiger partial charge in [-0.2, -0.15) is 0 Å². The van der Waals surface area contributed by atoms with Gasteiger partial charge < -0.3 is 20.2 Å². The monoisotopic (exact) mass is 437 g/mol. The second-order valence-corrected chi connectivity index (χ2v) is 9.05. The summed E-state index contributed by atoms with van der Waals surface area (Å²) in [5.74, 6) is -0.0743. The van der Waals surface area contributed by atoms with Crippen LogP contribution < -0.4 is 10.2 Å². The van der Waals surface area contributed by atoms with Crippen LogP contribution in [0.2, 0.25) is 0 Å². The van der Waals surface area contributed by atoms with Crippen molar-refractivity contribution in [2.24, 2.45) is 0 Å². The number of benzene rings is 2. The zero-order valence-corrected chi connectivity index (χ0v) is 20.2. The van der Waals surface area contributed by atoms with Crippen LogP contribution >= 0.6 is 0 Å². The molecule has 1 aliphatic rings. The van der Waals surface area contributed by atoms with Crippen LogP contribution in [0.4, 0.5) is 5.69 Å². The Balaban J connectivity index is 1.78. The highest BCUT2D eigenvalue weighted by Crippen LogP contribution is 2.38. The summed E-state index contributed by atoms with van der Waals surface area (Å²) in [4.78, 5) is 17.6. The number of fused-ring (bicyclic) bond motifs is 1. The molecule has 1 aliphatic heterocycles. The maximum absolute atomic E-state index is 13.4. The van der Waals surface area contributed by atoms with Gasteiger partial charge in [-0.3, -0.25) is 4.79 Å². The highest BCUT2D eigenvalue weighted by molar-refractivity contribution is 6.07. The number of rotatable bonds is 9. The van der Waals surface area contributed by atoms with Gasteiger partial charge in [-0.15, -0.1) is 0 Å².